The maximum Gasteiger partial charge on any atom is 0.335 e. The molecule has 0 aromatic heterocycles. The van der Waals surface area contributed by atoms with Crippen LogP contribution in [0.4, 0.5) is 0 Å². The van der Waals surface area contributed by atoms with Crippen LogP contribution in [0.25, 0.3) is 0 Å². The van der Waals surface area contributed by atoms with Gasteiger partial charge in [0.15, 0.2) is 0 Å². The summed E-state index contributed by atoms with van der Waals surface area (Å²) < 4.78 is 0. The Kier molecular flexibility index (Phi) is 5.31. The van der Waals surface area contributed by atoms with E-state index in [1.165, 1.54) is 0 Å². The highest BCUT2D eigenvalue weighted by atomic mass is 16.4. The van der Waals surface area contributed by atoms with Crippen LogP contribution < -0.4 is 5.32 Å². The number of nitrogens with one attached hydrogen (secondary N) is 1. The van der Waals surface area contributed by atoms with Crippen LogP contribution in [0.15, 0.2) is 30.3 Å². The number of rotatable bonds is 1. The number of aliphatic hydroxyl groups excluding tert-OH is 1. The van der Waals surface area contributed by atoms with Crippen LogP contribution in [0.2, 0.25) is 0 Å². The smallest absolute Gasteiger partial charge is 0.335 e. The van der Waals surface area contributed by atoms with E-state index in [1.54, 1.807) is 30.3 Å². The van der Waals surface area contributed by atoms with E-state index in [0.717, 1.165) is 12.8 Å². The summed E-state index contributed by atoms with van der Waals surface area (Å²) in [5, 5.41) is 21.4. The molecule has 0 bridgehead atoms. The minimum atomic E-state index is -0.879. The first kappa shape index (κ1) is 16.7. The van der Waals surface area contributed by atoms with Crippen molar-refractivity contribution in [3.63, 3.8) is 0 Å². The van der Waals surface area contributed by atoms with Gasteiger partial charge in [-0.25, -0.2) is 4.79 Å². The zero-order valence-corrected chi connectivity index (χ0v) is 12.7. The first-order valence-corrected chi connectivity index (χ1v) is 6.87. The number of aliphatic hydroxyl groups is 1. The minimum Gasteiger partial charge on any atom is -0.478 e. The summed E-state index contributed by atoms with van der Waals surface area (Å²) in [7, 11) is 0. The number of hydrogen-bond acceptors (Lipinski definition) is 3. The van der Waals surface area contributed by atoms with E-state index in [-0.39, 0.29) is 17.2 Å². The average Bonchev–Trinajstić information content (AvgIpc) is 2.25. The van der Waals surface area contributed by atoms with E-state index in [1.807, 2.05) is 0 Å². The van der Waals surface area contributed by atoms with Gasteiger partial charge in [-0.3, -0.25) is 0 Å². The molecule has 0 saturated carbocycles. The molecular formula is C16H25NO3. The third-order valence-electron chi connectivity index (χ3n) is 3.19. The number of carbonyl (C=O) groups is 1. The summed E-state index contributed by atoms with van der Waals surface area (Å²) in [6.45, 7) is 8.54. The van der Waals surface area contributed by atoms with Gasteiger partial charge >= 0.3 is 5.97 Å². The molecule has 112 valence electrons. The van der Waals surface area contributed by atoms with E-state index >= 15 is 0 Å². The highest BCUT2D eigenvalue weighted by Gasteiger charge is 2.36. The molecule has 0 spiro atoms. The third kappa shape index (κ3) is 5.72. The lowest BCUT2D eigenvalue weighted by molar-refractivity contribution is 0.0396. The molecule has 20 heavy (non-hydrogen) atoms. The second-order valence-electron chi connectivity index (χ2n) is 6.63. The standard InChI is InChI=1S/C9H19NO.C7H6O2/c1-8(2)5-7(11)6-9(3,4)10-8;8-7(9)6-4-2-1-3-5-6/h7,10-11H,5-6H2,1-4H3;1-5H,(H,8,9). The summed E-state index contributed by atoms with van der Waals surface area (Å²) >= 11 is 0. The van der Waals surface area contributed by atoms with Gasteiger partial charge in [-0.2, -0.15) is 0 Å². The van der Waals surface area contributed by atoms with Crippen molar-refractivity contribution < 1.29 is 15.0 Å². The van der Waals surface area contributed by atoms with Crippen LogP contribution >= 0.6 is 0 Å². The van der Waals surface area contributed by atoms with Crippen LogP contribution in [-0.2, 0) is 0 Å². The van der Waals surface area contributed by atoms with Crippen LogP contribution in [-0.4, -0.2) is 33.4 Å². The van der Waals surface area contributed by atoms with Crippen molar-refractivity contribution in [3.05, 3.63) is 35.9 Å². The molecule has 0 aliphatic carbocycles. The Labute approximate surface area is 120 Å². The second-order valence-corrected chi connectivity index (χ2v) is 6.63. The molecule has 1 saturated heterocycles. The summed E-state index contributed by atoms with van der Waals surface area (Å²) in [6, 6.07) is 8.30. The van der Waals surface area contributed by atoms with Crippen molar-refractivity contribution in [3.8, 4) is 0 Å². The van der Waals surface area contributed by atoms with E-state index in [4.69, 9.17) is 5.11 Å². The lowest BCUT2D eigenvalue weighted by atomic mass is 9.81. The Bertz CT molecular complexity index is 424. The highest BCUT2D eigenvalue weighted by molar-refractivity contribution is 5.87. The summed E-state index contributed by atoms with van der Waals surface area (Å²) in [5.41, 5.74) is 0.500. The number of carboxylic acids is 1. The lowest BCUT2D eigenvalue weighted by Gasteiger charge is -2.44. The number of piperidine rings is 1. The molecule has 1 fully saturated rings. The summed E-state index contributed by atoms with van der Waals surface area (Å²) in [5.74, 6) is -0.879. The Morgan fingerprint density at radius 1 is 1.10 bits per heavy atom. The van der Waals surface area contributed by atoms with Crippen LogP contribution in [0, 0.1) is 0 Å². The first-order chi connectivity index (χ1) is 9.11. The molecule has 0 amide bonds. The molecule has 1 aliphatic heterocycles. The van der Waals surface area contributed by atoms with E-state index in [0.29, 0.717) is 5.56 Å². The Hall–Kier alpha value is -1.39. The number of aromatic carboxylic acids is 1. The lowest BCUT2D eigenvalue weighted by Crippen LogP contribution is -2.59. The van der Waals surface area contributed by atoms with Crippen molar-refractivity contribution in [2.24, 2.45) is 0 Å². The van der Waals surface area contributed by atoms with Crippen molar-refractivity contribution in [2.45, 2.75) is 57.7 Å². The Morgan fingerprint density at radius 2 is 1.55 bits per heavy atom. The van der Waals surface area contributed by atoms with Gasteiger partial charge in [-0.15, -0.1) is 0 Å². The fourth-order valence-electron chi connectivity index (χ4n) is 2.85. The van der Waals surface area contributed by atoms with Gasteiger partial charge in [0.25, 0.3) is 0 Å². The Morgan fingerprint density at radius 3 is 1.85 bits per heavy atom. The monoisotopic (exact) mass is 279 g/mol. The summed E-state index contributed by atoms with van der Waals surface area (Å²) in [6.07, 6.45) is 1.58. The van der Waals surface area contributed by atoms with E-state index in [2.05, 4.69) is 33.0 Å². The fourth-order valence-corrected chi connectivity index (χ4v) is 2.85. The number of benzene rings is 1. The predicted octanol–water partition coefficient (Wildman–Crippen LogP) is 2.67. The number of hydrogen-bond donors (Lipinski definition) is 3. The Balaban J connectivity index is 0.000000204. The topological polar surface area (TPSA) is 69.6 Å². The van der Waals surface area contributed by atoms with Gasteiger partial charge in [-0.05, 0) is 52.7 Å². The zero-order valence-electron chi connectivity index (χ0n) is 12.7. The third-order valence-corrected chi connectivity index (χ3v) is 3.19. The van der Waals surface area contributed by atoms with E-state index < -0.39 is 5.97 Å². The second kappa shape index (κ2) is 6.37. The maximum absolute atomic E-state index is 10.2. The molecule has 1 heterocycles. The quantitative estimate of drug-likeness (QED) is 0.739. The zero-order chi connectivity index (χ0) is 15.4. The molecule has 2 rings (SSSR count). The largest absolute Gasteiger partial charge is 0.478 e. The van der Waals surface area contributed by atoms with Gasteiger partial charge in [-0.1, -0.05) is 18.2 Å². The molecule has 0 radical (unpaired) electrons. The van der Waals surface area contributed by atoms with Crippen LogP contribution in [0.1, 0.15) is 50.9 Å². The molecule has 1 aromatic carbocycles. The normalized spacial score (nSPS) is 20.6. The van der Waals surface area contributed by atoms with Gasteiger partial charge in [0.2, 0.25) is 0 Å². The molecular weight excluding hydrogens is 254 g/mol. The van der Waals surface area contributed by atoms with Crippen LogP contribution in [0.5, 0.6) is 0 Å². The van der Waals surface area contributed by atoms with Crippen molar-refractivity contribution >= 4 is 5.97 Å². The predicted molar refractivity (Wildman–Crippen MR) is 79.9 cm³/mol. The molecule has 4 heteroatoms. The van der Waals surface area contributed by atoms with Crippen molar-refractivity contribution in [2.75, 3.05) is 0 Å². The van der Waals surface area contributed by atoms with Gasteiger partial charge in [0.1, 0.15) is 0 Å². The SMILES string of the molecule is CC1(C)CC(O)CC(C)(C)N1.O=C(O)c1ccccc1. The van der Waals surface area contributed by atoms with Gasteiger partial charge < -0.3 is 15.5 Å². The van der Waals surface area contributed by atoms with Gasteiger partial charge in [0.05, 0.1) is 11.7 Å². The highest BCUT2D eigenvalue weighted by Crippen LogP contribution is 2.27. The molecule has 0 unspecified atom stereocenters. The molecule has 0 atom stereocenters. The summed E-state index contributed by atoms with van der Waals surface area (Å²) in [4.78, 5) is 10.2. The van der Waals surface area contributed by atoms with Crippen molar-refractivity contribution in [1.29, 1.82) is 0 Å². The first-order valence-electron chi connectivity index (χ1n) is 6.87. The fraction of sp³-hybridized carbons (Fsp3) is 0.562. The molecule has 1 aliphatic rings. The van der Waals surface area contributed by atoms with Gasteiger partial charge in [0, 0.05) is 11.1 Å². The maximum atomic E-state index is 10.2. The van der Waals surface area contributed by atoms with Crippen LogP contribution in [0.3, 0.4) is 0 Å². The average molecular weight is 279 g/mol. The van der Waals surface area contributed by atoms with E-state index in [9.17, 15) is 9.90 Å². The molecule has 1 aromatic rings. The molecule has 4 nitrogen and oxygen atoms in total. The van der Waals surface area contributed by atoms with Crippen molar-refractivity contribution in [1.82, 2.24) is 5.32 Å². The molecule has 3 N–H and O–H groups in total. The number of carboxylic acid groups (broad SMARTS) is 1. The minimum absolute atomic E-state index is 0.0845.